The van der Waals surface area contributed by atoms with Gasteiger partial charge in [0.15, 0.2) is 5.41 Å². The summed E-state index contributed by atoms with van der Waals surface area (Å²) in [5, 5.41) is 18.2. The molecule has 2 N–H and O–H groups in total. The molecule has 0 radical (unpaired) electrons. The van der Waals surface area contributed by atoms with Crippen molar-refractivity contribution in [2.24, 2.45) is 5.41 Å². The van der Waals surface area contributed by atoms with Crippen LogP contribution in [0.3, 0.4) is 0 Å². The maximum atomic E-state index is 11.1. The second kappa shape index (κ2) is 7.25. The number of rotatable bonds is 9. The lowest BCUT2D eigenvalue weighted by molar-refractivity contribution is -0.166. The van der Waals surface area contributed by atoms with E-state index in [-0.39, 0.29) is 12.8 Å². The molecule has 4 nitrogen and oxygen atoms in total. The van der Waals surface area contributed by atoms with Crippen LogP contribution in [-0.2, 0) is 9.59 Å². The Balaban J connectivity index is 4.50. The third kappa shape index (κ3) is 3.83. The van der Waals surface area contributed by atoms with Crippen LogP contribution in [0.2, 0.25) is 0 Å². The maximum absolute atomic E-state index is 11.1. The van der Waals surface area contributed by atoms with Gasteiger partial charge in [-0.15, -0.1) is 0 Å². The standard InChI is InChI=1S/C12H22O4/c1-3-5-6-7-9-12(8-4-2,10(13)14)11(15)16/h3-9H2,1-2H3,(H,13,14)(H,15,16). The first-order chi connectivity index (χ1) is 7.51. The van der Waals surface area contributed by atoms with E-state index in [2.05, 4.69) is 6.92 Å². The predicted molar refractivity (Wildman–Crippen MR) is 61.4 cm³/mol. The van der Waals surface area contributed by atoms with Crippen LogP contribution in [0, 0.1) is 5.41 Å². The first kappa shape index (κ1) is 14.9. The Hall–Kier alpha value is -1.06. The van der Waals surface area contributed by atoms with Crippen molar-refractivity contribution in [3.63, 3.8) is 0 Å². The molecule has 0 amide bonds. The minimum absolute atomic E-state index is 0.212. The second-order valence-corrected chi connectivity index (χ2v) is 4.25. The minimum Gasteiger partial charge on any atom is -0.480 e. The molecular formula is C12H22O4. The Labute approximate surface area is 96.7 Å². The summed E-state index contributed by atoms with van der Waals surface area (Å²) in [6.45, 7) is 3.88. The van der Waals surface area contributed by atoms with Gasteiger partial charge in [-0.1, -0.05) is 46.0 Å². The van der Waals surface area contributed by atoms with E-state index in [0.717, 1.165) is 19.3 Å². The summed E-state index contributed by atoms with van der Waals surface area (Å²) in [7, 11) is 0. The lowest BCUT2D eigenvalue weighted by atomic mass is 9.78. The normalized spacial score (nSPS) is 11.4. The number of hydrogen-bond acceptors (Lipinski definition) is 2. The number of carboxylic acid groups (broad SMARTS) is 2. The predicted octanol–water partition coefficient (Wildman–Crippen LogP) is 2.91. The molecule has 16 heavy (non-hydrogen) atoms. The lowest BCUT2D eigenvalue weighted by Crippen LogP contribution is -2.39. The number of carboxylic acids is 2. The zero-order valence-electron chi connectivity index (χ0n) is 10.2. The van der Waals surface area contributed by atoms with E-state index < -0.39 is 17.4 Å². The van der Waals surface area contributed by atoms with Crippen molar-refractivity contribution in [3.05, 3.63) is 0 Å². The molecule has 0 aliphatic carbocycles. The summed E-state index contributed by atoms with van der Waals surface area (Å²) < 4.78 is 0. The molecule has 0 fully saturated rings. The van der Waals surface area contributed by atoms with Gasteiger partial charge >= 0.3 is 11.9 Å². The van der Waals surface area contributed by atoms with Gasteiger partial charge in [0, 0.05) is 0 Å². The monoisotopic (exact) mass is 230 g/mol. The Morgan fingerprint density at radius 3 is 1.81 bits per heavy atom. The van der Waals surface area contributed by atoms with Gasteiger partial charge in [0.25, 0.3) is 0 Å². The van der Waals surface area contributed by atoms with Crippen LogP contribution < -0.4 is 0 Å². The topological polar surface area (TPSA) is 74.6 Å². The van der Waals surface area contributed by atoms with Crippen LogP contribution in [0.4, 0.5) is 0 Å². The molecule has 0 aromatic carbocycles. The van der Waals surface area contributed by atoms with Crippen LogP contribution in [0.15, 0.2) is 0 Å². The number of carbonyl (C=O) groups is 2. The van der Waals surface area contributed by atoms with Crippen LogP contribution in [0.25, 0.3) is 0 Å². The minimum atomic E-state index is -1.57. The number of hydrogen-bond donors (Lipinski definition) is 2. The van der Waals surface area contributed by atoms with Crippen LogP contribution in [0.1, 0.15) is 58.8 Å². The van der Waals surface area contributed by atoms with Crippen molar-refractivity contribution in [1.29, 1.82) is 0 Å². The Morgan fingerprint density at radius 2 is 1.44 bits per heavy atom. The molecule has 0 spiro atoms. The van der Waals surface area contributed by atoms with Crippen molar-refractivity contribution in [3.8, 4) is 0 Å². The molecule has 0 unspecified atom stereocenters. The van der Waals surface area contributed by atoms with Crippen molar-refractivity contribution >= 4 is 11.9 Å². The third-order valence-corrected chi connectivity index (χ3v) is 2.95. The molecule has 0 saturated carbocycles. The maximum Gasteiger partial charge on any atom is 0.321 e. The fourth-order valence-corrected chi connectivity index (χ4v) is 1.92. The summed E-state index contributed by atoms with van der Waals surface area (Å²) in [5.74, 6) is -2.39. The first-order valence-electron chi connectivity index (χ1n) is 5.98. The quantitative estimate of drug-likeness (QED) is 0.471. The van der Waals surface area contributed by atoms with E-state index in [9.17, 15) is 9.59 Å². The molecule has 0 aromatic rings. The number of aliphatic carboxylic acids is 2. The molecule has 0 bridgehead atoms. The van der Waals surface area contributed by atoms with Crippen molar-refractivity contribution in [1.82, 2.24) is 0 Å². The summed E-state index contributed by atoms with van der Waals surface area (Å²) in [5.41, 5.74) is -1.57. The van der Waals surface area contributed by atoms with Crippen LogP contribution in [-0.4, -0.2) is 22.2 Å². The molecule has 0 atom stereocenters. The van der Waals surface area contributed by atoms with E-state index in [1.165, 1.54) is 0 Å². The highest BCUT2D eigenvalue weighted by Crippen LogP contribution is 2.31. The summed E-state index contributed by atoms with van der Waals surface area (Å²) in [6.07, 6.45) is 4.69. The van der Waals surface area contributed by atoms with E-state index in [1.54, 1.807) is 0 Å². The highest BCUT2D eigenvalue weighted by Gasteiger charge is 2.44. The zero-order valence-corrected chi connectivity index (χ0v) is 10.2. The van der Waals surface area contributed by atoms with Crippen molar-refractivity contribution in [2.45, 2.75) is 58.8 Å². The average Bonchev–Trinajstić information content (AvgIpc) is 2.21. The van der Waals surface area contributed by atoms with E-state index in [1.807, 2.05) is 6.92 Å². The van der Waals surface area contributed by atoms with Crippen LogP contribution >= 0.6 is 0 Å². The molecule has 0 heterocycles. The fourth-order valence-electron chi connectivity index (χ4n) is 1.92. The zero-order chi connectivity index (χ0) is 12.6. The Bertz CT molecular complexity index is 221. The average molecular weight is 230 g/mol. The van der Waals surface area contributed by atoms with E-state index >= 15 is 0 Å². The van der Waals surface area contributed by atoms with Gasteiger partial charge in [-0.25, -0.2) is 0 Å². The Kier molecular flexibility index (Phi) is 6.77. The van der Waals surface area contributed by atoms with E-state index in [4.69, 9.17) is 10.2 Å². The SMILES string of the molecule is CCCCCCC(CCC)(C(=O)O)C(=O)O. The van der Waals surface area contributed by atoms with Gasteiger partial charge in [-0.2, -0.15) is 0 Å². The van der Waals surface area contributed by atoms with Gasteiger partial charge in [0.1, 0.15) is 0 Å². The van der Waals surface area contributed by atoms with Crippen molar-refractivity contribution in [2.75, 3.05) is 0 Å². The summed E-state index contributed by atoms with van der Waals surface area (Å²) in [4.78, 5) is 22.3. The molecule has 94 valence electrons. The van der Waals surface area contributed by atoms with Gasteiger partial charge < -0.3 is 10.2 Å². The second-order valence-electron chi connectivity index (χ2n) is 4.25. The highest BCUT2D eigenvalue weighted by molar-refractivity contribution is 5.98. The first-order valence-corrected chi connectivity index (χ1v) is 5.98. The fraction of sp³-hybridized carbons (Fsp3) is 0.833. The van der Waals surface area contributed by atoms with Gasteiger partial charge in [0.05, 0.1) is 0 Å². The molecule has 4 heteroatoms. The van der Waals surface area contributed by atoms with Crippen molar-refractivity contribution < 1.29 is 19.8 Å². The molecule has 0 saturated heterocycles. The molecule has 0 aromatic heterocycles. The summed E-state index contributed by atoms with van der Waals surface area (Å²) >= 11 is 0. The van der Waals surface area contributed by atoms with Gasteiger partial charge in [-0.05, 0) is 12.8 Å². The van der Waals surface area contributed by atoms with Crippen LogP contribution in [0.5, 0.6) is 0 Å². The molecule has 0 aliphatic heterocycles. The molecule has 0 aliphatic rings. The number of unbranched alkanes of at least 4 members (excludes halogenated alkanes) is 3. The Morgan fingerprint density at radius 1 is 0.875 bits per heavy atom. The van der Waals surface area contributed by atoms with Gasteiger partial charge in [-0.3, -0.25) is 9.59 Å². The third-order valence-electron chi connectivity index (χ3n) is 2.95. The lowest BCUT2D eigenvalue weighted by Gasteiger charge is -2.24. The largest absolute Gasteiger partial charge is 0.480 e. The highest BCUT2D eigenvalue weighted by atomic mass is 16.4. The smallest absolute Gasteiger partial charge is 0.321 e. The summed E-state index contributed by atoms with van der Waals surface area (Å²) in [6, 6.07) is 0. The van der Waals surface area contributed by atoms with Gasteiger partial charge in [0.2, 0.25) is 0 Å². The van der Waals surface area contributed by atoms with E-state index in [0.29, 0.717) is 12.8 Å². The molecule has 0 rings (SSSR count). The molecular weight excluding hydrogens is 208 g/mol.